The van der Waals surface area contributed by atoms with Crippen LogP contribution in [0.3, 0.4) is 0 Å². The predicted octanol–water partition coefficient (Wildman–Crippen LogP) is 2.51. The number of aliphatic hydroxyl groups excluding tert-OH is 1. The fourth-order valence-electron chi connectivity index (χ4n) is 2.27. The highest BCUT2D eigenvalue weighted by atomic mass is 16.5. The van der Waals surface area contributed by atoms with Crippen molar-refractivity contribution in [2.75, 3.05) is 14.2 Å². The SMILES string of the molecule is COc1ccc(-c2cn3cc(CO)ccc3n2)cc1OC. The summed E-state index contributed by atoms with van der Waals surface area (Å²) in [7, 11) is 3.22. The van der Waals surface area contributed by atoms with E-state index >= 15 is 0 Å². The van der Waals surface area contributed by atoms with E-state index in [1.807, 2.05) is 47.1 Å². The van der Waals surface area contributed by atoms with Crippen molar-refractivity contribution >= 4 is 5.65 Å². The smallest absolute Gasteiger partial charge is 0.161 e. The van der Waals surface area contributed by atoms with Gasteiger partial charge in [0.2, 0.25) is 0 Å². The monoisotopic (exact) mass is 284 g/mol. The lowest BCUT2D eigenvalue weighted by atomic mass is 10.1. The zero-order chi connectivity index (χ0) is 14.8. The zero-order valence-corrected chi connectivity index (χ0v) is 11.9. The van der Waals surface area contributed by atoms with Gasteiger partial charge in [-0.15, -0.1) is 0 Å². The van der Waals surface area contributed by atoms with Crippen LogP contribution in [0.5, 0.6) is 11.5 Å². The maximum atomic E-state index is 9.18. The third kappa shape index (κ3) is 2.43. The Morgan fingerprint density at radius 3 is 2.57 bits per heavy atom. The van der Waals surface area contributed by atoms with Gasteiger partial charge in [-0.1, -0.05) is 6.07 Å². The van der Waals surface area contributed by atoms with Gasteiger partial charge in [0.25, 0.3) is 0 Å². The summed E-state index contributed by atoms with van der Waals surface area (Å²) in [4.78, 5) is 4.57. The summed E-state index contributed by atoms with van der Waals surface area (Å²) in [6.07, 6.45) is 3.79. The molecule has 1 aromatic carbocycles. The lowest BCUT2D eigenvalue weighted by Gasteiger charge is -2.08. The molecule has 3 aromatic rings. The van der Waals surface area contributed by atoms with Crippen LogP contribution in [0.2, 0.25) is 0 Å². The van der Waals surface area contributed by atoms with Crippen molar-refractivity contribution in [2.45, 2.75) is 6.61 Å². The molecule has 5 nitrogen and oxygen atoms in total. The van der Waals surface area contributed by atoms with Gasteiger partial charge in [-0.25, -0.2) is 4.98 Å². The molecule has 108 valence electrons. The van der Waals surface area contributed by atoms with Crippen molar-refractivity contribution in [3.8, 4) is 22.8 Å². The number of benzene rings is 1. The maximum Gasteiger partial charge on any atom is 0.161 e. The van der Waals surface area contributed by atoms with Crippen LogP contribution in [0.1, 0.15) is 5.56 Å². The van der Waals surface area contributed by atoms with Crippen LogP contribution in [0.4, 0.5) is 0 Å². The number of ether oxygens (including phenoxy) is 2. The van der Waals surface area contributed by atoms with Crippen LogP contribution in [-0.2, 0) is 6.61 Å². The second-order valence-corrected chi connectivity index (χ2v) is 4.66. The van der Waals surface area contributed by atoms with Gasteiger partial charge in [0.1, 0.15) is 5.65 Å². The van der Waals surface area contributed by atoms with Gasteiger partial charge in [0, 0.05) is 18.0 Å². The van der Waals surface area contributed by atoms with E-state index in [0.717, 1.165) is 22.5 Å². The Kier molecular flexibility index (Phi) is 3.50. The number of aromatic nitrogens is 2. The number of aliphatic hydroxyl groups is 1. The molecule has 0 fully saturated rings. The maximum absolute atomic E-state index is 9.18. The first-order valence-electron chi connectivity index (χ1n) is 6.56. The number of methoxy groups -OCH3 is 2. The Morgan fingerprint density at radius 1 is 1.05 bits per heavy atom. The molecule has 0 aliphatic carbocycles. The normalized spacial score (nSPS) is 10.8. The van der Waals surface area contributed by atoms with Crippen molar-refractivity contribution in [1.29, 1.82) is 0 Å². The second kappa shape index (κ2) is 5.46. The molecule has 0 saturated carbocycles. The minimum absolute atomic E-state index is 0.0137. The van der Waals surface area contributed by atoms with Gasteiger partial charge >= 0.3 is 0 Å². The van der Waals surface area contributed by atoms with Crippen LogP contribution in [0.15, 0.2) is 42.7 Å². The van der Waals surface area contributed by atoms with Crippen LogP contribution in [-0.4, -0.2) is 28.7 Å². The summed E-state index contributed by atoms with van der Waals surface area (Å²) in [5, 5.41) is 9.18. The molecule has 0 spiro atoms. The topological polar surface area (TPSA) is 56.0 Å². The molecule has 21 heavy (non-hydrogen) atoms. The largest absolute Gasteiger partial charge is 0.493 e. The molecule has 0 unspecified atom stereocenters. The number of rotatable bonds is 4. The lowest BCUT2D eigenvalue weighted by Crippen LogP contribution is -1.90. The molecule has 0 radical (unpaired) electrons. The predicted molar refractivity (Wildman–Crippen MR) is 79.7 cm³/mol. The van der Waals surface area contributed by atoms with Crippen LogP contribution in [0, 0.1) is 0 Å². The highest BCUT2D eigenvalue weighted by molar-refractivity contribution is 5.66. The summed E-state index contributed by atoms with van der Waals surface area (Å²) in [5.41, 5.74) is 3.46. The van der Waals surface area contributed by atoms with Gasteiger partial charge in [-0.05, 0) is 29.8 Å². The van der Waals surface area contributed by atoms with Gasteiger partial charge in [0.05, 0.1) is 26.5 Å². The zero-order valence-electron chi connectivity index (χ0n) is 11.9. The standard InChI is InChI=1S/C16H16N2O3/c1-20-14-5-4-12(7-15(14)21-2)13-9-18-8-11(10-19)3-6-16(18)17-13/h3-9,19H,10H2,1-2H3. The third-order valence-electron chi connectivity index (χ3n) is 3.37. The fraction of sp³-hybridized carbons (Fsp3) is 0.188. The molecular weight excluding hydrogens is 268 g/mol. The minimum Gasteiger partial charge on any atom is -0.493 e. The molecule has 2 heterocycles. The first-order valence-corrected chi connectivity index (χ1v) is 6.56. The lowest BCUT2D eigenvalue weighted by molar-refractivity contribution is 0.281. The van der Waals surface area contributed by atoms with Crippen molar-refractivity contribution in [2.24, 2.45) is 0 Å². The van der Waals surface area contributed by atoms with Crippen LogP contribution >= 0.6 is 0 Å². The Bertz CT molecular complexity index is 780. The van der Waals surface area contributed by atoms with Gasteiger partial charge in [-0.2, -0.15) is 0 Å². The Hall–Kier alpha value is -2.53. The highest BCUT2D eigenvalue weighted by Crippen LogP contribution is 2.32. The first-order chi connectivity index (χ1) is 10.2. The number of pyridine rings is 1. The highest BCUT2D eigenvalue weighted by Gasteiger charge is 2.09. The number of nitrogens with zero attached hydrogens (tertiary/aromatic N) is 2. The van der Waals surface area contributed by atoms with Crippen molar-refractivity contribution in [1.82, 2.24) is 9.38 Å². The van der Waals surface area contributed by atoms with E-state index in [-0.39, 0.29) is 6.61 Å². The number of hydrogen-bond donors (Lipinski definition) is 1. The molecule has 2 aromatic heterocycles. The van der Waals surface area contributed by atoms with E-state index in [1.54, 1.807) is 14.2 Å². The van der Waals surface area contributed by atoms with Crippen molar-refractivity contribution < 1.29 is 14.6 Å². The second-order valence-electron chi connectivity index (χ2n) is 4.66. The number of hydrogen-bond acceptors (Lipinski definition) is 4. The van der Waals surface area contributed by atoms with E-state index in [4.69, 9.17) is 9.47 Å². The van der Waals surface area contributed by atoms with E-state index in [9.17, 15) is 5.11 Å². The summed E-state index contributed by atoms with van der Waals surface area (Å²) in [6, 6.07) is 9.44. The fourth-order valence-corrected chi connectivity index (χ4v) is 2.27. The molecule has 5 heteroatoms. The Balaban J connectivity index is 2.07. The van der Waals surface area contributed by atoms with E-state index in [2.05, 4.69) is 4.98 Å². The summed E-state index contributed by atoms with van der Waals surface area (Å²) in [5.74, 6) is 1.36. The van der Waals surface area contributed by atoms with E-state index in [0.29, 0.717) is 11.5 Å². The number of fused-ring (bicyclic) bond motifs is 1. The minimum atomic E-state index is 0.0137. The van der Waals surface area contributed by atoms with E-state index < -0.39 is 0 Å². The molecular formula is C16H16N2O3. The van der Waals surface area contributed by atoms with Gasteiger partial charge < -0.3 is 19.0 Å². The average molecular weight is 284 g/mol. The average Bonchev–Trinajstić information content (AvgIpc) is 2.96. The quantitative estimate of drug-likeness (QED) is 0.800. The Labute approximate surface area is 122 Å². The molecule has 0 atom stereocenters. The molecule has 0 saturated heterocycles. The van der Waals surface area contributed by atoms with E-state index in [1.165, 1.54) is 0 Å². The van der Waals surface area contributed by atoms with Crippen LogP contribution < -0.4 is 9.47 Å². The first kappa shape index (κ1) is 13.5. The molecule has 0 bridgehead atoms. The molecule has 1 N–H and O–H groups in total. The number of imidazole rings is 1. The van der Waals surface area contributed by atoms with Gasteiger partial charge in [0.15, 0.2) is 11.5 Å². The molecule has 3 rings (SSSR count). The van der Waals surface area contributed by atoms with Crippen LogP contribution in [0.25, 0.3) is 16.9 Å². The molecule has 0 amide bonds. The summed E-state index contributed by atoms with van der Waals surface area (Å²) in [6.45, 7) is 0.0137. The summed E-state index contributed by atoms with van der Waals surface area (Å²) >= 11 is 0. The van der Waals surface area contributed by atoms with Crippen molar-refractivity contribution in [3.63, 3.8) is 0 Å². The third-order valence-corrected chi connectivity index (χ3v) is 3.37. The molecule has 0 aliphatic heterocycles. The van der Waals surface area contributed by atoms with Crippen molar-refractivity contribution in [3.05, 3.63) is 48.3 Å². The molecule has 0 aliphatic rings. The summed E-state index contributed by atoms with van der Waals surface area (Å²) < 4.78 is 12.5. The van der Waals surface area contributed by atoms with Gasteiger partial charge in [-0.3, -0.25) is 0 Å². The Morgan fingerprint density at radius 2 is 1.86 bits per heavy atom.